The van der Waals surface area contributed by atoms with Crippen molar-refractivity contribution in [1.82, 2.24) is 15.5 Å². The molecule has 0 saturated carbocycles. The molecule has 0 radical (unpaired) electrons. The molecule has 4 heteroatoms. The second-order valence-electron chi connectivity index (χ2n) is 26.6. The number of likely N-dealkylation sites (tertiary alicyclic amines) is 1. The molecule has 1 saturated heterocycles. The van der Waals surface area contributed by atoms with E-state index in [2.05, 4.69) is 15.5 Å². The first-order chi connectivity index (χ1) is 35.9. The van der Waals surface area contributed by atoms with Gasteiger partial charge in [-0.15, -0.1) is 0 Å². The van der Waals surface area contributed by atoms with Gasteiger partial charge in [-0.2, -0.15) is 0 Å². The molecule has 1 heterocycles. The van der Waals surface area contributed by atoms with E-state index < -0.39 is 0 Å². The molecule has 2 spiro atoms. The van der Waals surface area contributed by atoms with Gasteiger partial charge in [0.05, 0.1) is 10.8 Å². The lowest BCUT2D eigenvalue weighted by Gasteiger charge is -2.48. The van der Waals surface area contributed by atoms with Gasteiger partial charge in [-0.05, 0) is 313 Å². The van der Waals surface area contributed by atoms with Crippen LogP contribution in [0.15, 0.2) is 0 Å². The predicted molar refractivity (Wildman–Crippen MR) is 305 cm³/mol. The summed E-state index contributed by atoms with van der Waals surface area (Å²) in [5.74, 6) is 0. The monoisotopic (exact) mass is 892 g/mol. The van der Waals surface area contributed by atoms with Crippen molar-refractivity contribution >= 4 is 291 Å². The molecule has 4 aliphatic carbocycles. The van der Waals surface area contributed by atoms with E-state index in [9.17, 15) is 0 Å². The Balaban J connectivity index is 1.04. The standard InChI is InChI=1S/C68H20N4/c69-1-2-70-3-4-71-5-6-72-7-67-63-56-49-37-29-20-11-9-10-12-15(11)24-31(29)39-40-32(24)30-21(12)23-19-14(10)17-16-13(9)18-22(20)35(37)43-41-27(18)25(16)33-34-26(17)28(19)42-44-36(23)38(30)50-52(40)61(60(63)51(39)49)64-57(50)55(44)59-48(42)46(34)53-45(33)47(41)58(54(43)56)65(67)62(53)66(59)68(64,67)8-72/h70-71H,1-8,69H2. The largest absolute Gasteiger partial charge is 0.329 e. The van der Waals surface area contributed by atoms with Gasteiger partial charge in [-0.1, -0.05) is 0 Å². The highest BCUT2D eigenvalue weighted by Crippen LogP contribution is 2.85. The molecule has 2 atom stereocenters. The van der Waals surface area contributed by atoms with Crippen molar-refractivity contribution in [3.05, 3.63) is 22.3 Å². The van der Waals surface area contributed by atoms with Crippen molar-refractivity contribution in [2.24, 2.45) is 5.73 Å². The van der Waals surface area contributed by atoms with Crippen LogP contribution in [0.4, 0.5) is 0 Å². The second-order valence-corrected chi connectivity index (χ2v) is 26.6. The zero-order valence-corrected chi connectivity index (χ0v) is 37.7. The minimum absolute atomic E-state index is 0.166. The Hall–Kier alpha value is -7.70. The van der Waals surface area contributed by atoms with Gasteiger partial charge < -0.3 is 16.4 Å². The number of nitrogens with one attached hydrogen (secondary N) is 2. The molecular weight excluding hydrogens is 873 g/mol. The topological polar surface area (TPSA) is 53.3 Å². The first-order valence-electron chi connectivity index (χ1n) is 27.5. The van der Waals surface area contributed by atoms with Crippen molar-refractivity contribution in [2.45, 2.75) is 10.8 Å². The molecule has 4 nitrogen and oxygen atoms in total. The fourth-order valence-corrected chi connectivity index (χ4v) is 25.8. The fraction of sp³-hybridized carbons (Fsp3) is 0.147. The Kier molecular flexibility index (Phi) is 2.65. The Morgan fingerprint density at radius 1 is 0.236 bits per heavy atom. The summed E-state index contributed by atoms with van der Waals surface area (Å²) in [5, 5.41) is 98.5. The predicted octanol–water partition coefficient (Wildman–Crippen LogP) is 14.7. The van der Waals surface area contributed by atoms with Crippen LogP contribution in [0.25, 0.3) is 291 Å². The minimum atomic E-state index is -0.166. The van der Waals surface area contributed by atoms with Gasteiger partial charge in [-0.25, -0.2) is 0 Å². The second kappa shape index (κ2) is 6.71. The normalized spacial score (nSPS) is 22.6. The van der Waals surface area contributed by atoms with E-state index in [0.29, 0.717) is 6.54 Å². The number of nitrogens with two attached hydrogens (primary N) is 1. The minimum Gasteiger partial charge on any atom is -0.329 e. The number of rotatable bonds is 8. The Bertz CT molecular complexity index is 6890. The van der Waals surface area contributed by atoms with Crippen molar-refractivity contribution in [1.29, 1.82) is 0 Å². The fourth-order valence-electron chi connectivity index (χ4n) is 25.8. The summed E-state index contributed by atoms with van der Waals surface area (Å²) in [6, 6.07) is 0. The molecule has 2 unspecified atom stereocenters. The zero-order valence-electron chi connectivity index (χ0n) is 37.7. The SMILES string of the molecule is NCCNCCNCCN1CC23c4c5c6c7c8c9c(c%10c%11c2c2c%12c4c4c%13c5c5c7c7c8c8c%14c9c%10c9c%10c%11c2c2c%11c%12c4c4c%12c%13c5c5c7c7c8c8c%14c9c9c%10c2c2c%11c4c4c%12c5c7c5c8c9c2c45)C63C1. The van der Waals surface area contributed by atoms with E-state index in [-0.39, 0.29) is 10.8 Å². The quantitative estimate of drug-likeness (QED) is 0.105. The molecule has 28 aromatic carbocycles. The number of nitrogens with zero attached hydrogens (tertiary/aromatic N) is 1. The van der Waals surface area contributed by atoms with Crippen molar-refractivity contribution < 1.29 is 0 Å². The van der Waals surface area contributed by atoms with Crippen molar-refractivity contribution in [3.63, 3.8) is 0 Å². The number of hydrogen-bond acceptors (Lipinski definition) is 4. The van der Waals surface area contributed by atoms with Crippen LogP contribution in [0, 0.1) is 0 Å². The summed E-state index contributed by atoms with van der Waals surface area (Å²) >= 11 is 0. The maximum atomic E-state index is 5.89. The third-order valence-electron chi connectivity index (χ3n) is 26.0. The molecule has 72 heavy (non-hydrogen) atoms. The van der Waals surface area contributed by atoms with E-state index >= 15 is 0 Å². The molecule has 0 bridgehead atoms. The van der Waals surface area contributed by atoms with Gasteiger partial charge in [0.15, 0.2) is 0 Å². The summed E-state index contributed by atoms with van der Waals surface area (Å²) in [4.78, 5) is 3.03. The smallest absolute Gasteiger partial charge is 0.0505 e. The molecule has 1 aliphatic heterocycles. The molecule has 4 N–H and O–H groups in total. The van der Waals surface area contributed by atoms with E-state index in [4.69, 9.17) is 5.73 Å². The highest BCUT2D eigenvalue weighted by molar-refractivity contribution is 6.82. The van der Waals surface area contributed by atoms with Gasteiger partial charge in [0, 0.05) is 52.4 Å². The summed E-state index contributed by atoms with van der Waals surface area (Å²) in [7, 11) is 0. The summed E-state index contributed by atoms with van der Waals surface area (Å²) in [6.45, 7) is 7.81. The average Bonchev–Trinajstić information content (AvgIpc) is 4.36. The summed E-state index contributed by atoms with van der Waals surface area (Å²) in [6.07, 6.45) is 0. The van der Waals surface area contributed by atoms with Crippen LogP contribution in [-0.2, 0) is 10.8 Å². The molecular formula is C68H20N4. The average molecular weight is 893 g/mol. The summed E-state index contributed by atoms with van der Waals surface area (Å²) < 4.78 is 0. The molecule has 33 rings (SSSR count). The summed E-state index contributed by atoms with van der Waals surface area (Å²) in [5.41, 5.74) is 12.8. The molecule has 1 fully saturated rings. The highest BCUT2D eigenvalue weighted by atomic mass is 15.2. The highest BCUT2D eigenvalue weighted by Gasteiger charge is 2.73. The van der Waals surface area contributed by atoms with Gasteiger partial charge in [-0.3, -0.25) is 4.90 Å². The Labute approximate surface area is 395 Å². The van der Waals surface area contributed by atoms with Crippen LogP contribution >= 0.6 is 0 Å². The third-order valence-corrected chi connectivity index (χ3v) is 26.0. The molecule has 5 aliphatic rings. The molecule has 0 amide bonds. The lowest BCUT2D eigenvalue weighted by atomic mass is 9.52. The first-order valence-corrected chi connectivity index (χ1v) is 27.5. The van der Waals surface area contributed by atoms with Crippen molar-refractivity contribution in [3.8, 4) is 0 Å². The number of hydrogen-bond donors (Lipinski definition) is 3. The molecule has 28 aromatic rings. The van der Waals surface area contributed by atoms with E-state index in [1.807, 2.05) is 0 Å². The lowest BCUT2D eigenvalue weighted by molar-refractivity contribution is 0.317. The number of benzene rings is 17. The van der Waals surface area contributed by atoms with Crippen LogP contribution in [0.1, 0.15) is 22.3 Å². The molecule has 0 aromatic heterocycles. The van der Waals surface area contributed by atoms with Gasteiger partial charge in [0.2, 0.25) is 0 Å². The Morgan fingerprint density at radius 2 is 0.417 bits per heavy atom. The van der Waals surface area contributed by atoms with E-state index in [0.717, 1.165) is 45.8 Å². The van der Waals surface area contributed by atoms with E-state index in [1.165, 1.54) is 0 Å². The van der Waals surface area contributed by atoms with Crippen LogP contribution < -0.4 is 16.4 Å². The molecule has 312 valence electrons. The maximum Gasteiger partial charge on any atom is 0.0505 e. The van der Waals surface area contributed by atoms with Crippen LogP contribution in [0.5, 0.6) is 0 Å². The van der Waals surface area contributed by atoms with E-state index in [1.54, 1.807) is 313 Å². The van der Waals surface area contributed by atoms with Gasteiger partial charge >= 0.3 is 0 Å². The van der Waals surface area contributed by atoms with Gasteiger partial charge in [0.1, 0.15) is 0 Å². The van der Waals surface area contributed by atoms with Crippen LogP contribution in [0.2, 0.25) is 0 Å². The Morgan fingerprint density at radius 3 is 0.667 bits per heavy atom. The first kappa shape index (κ1) is 28.4. The van der Waals surface area contributed by atoms with Crippen molar-refractivity contribution in [2.75, 3.05) is 52.4 Å². The van der Waals surface area contributed by atoms with Crippen LogP contribution in [0.3, 0.4) is 0 Å². The third kappa shape index (κ3) is 1.59. The maximum absolute atomic E-state index is 5.89. The van der Waals surface area contributed by atoms with Crippen LogP contribution in [-0.4, -0.2) is 57.3 Å². The zero-order chi connectivity index (χ0) is 43.1. The van der Waals surface area contributed by atoms with Gasteiger partial charge in [0.25, 0.3) is 0 Å². The lowest BCUT2D eigenvalue weighted by Crippen LogP contribution is -2.49.